The Morgan fingerprint density at radius 1 is 1.53 bits per heavy atom. The molecule has 0 saturated heterocycles. The van der Waals surface area contributed by atoms with Crippen LogP contribution in [0.25, 0.3) is 10.1 Å². The molecule has 0 fully saturated rings. The van der Waals surface area contributed by atoms with Crippen LogP contribution in [0.4, 0.5) is 4.39 Å². The van der Waals surface area contributed by atoms with Gasteiger partial charge in [-0.1, -0.05) is 0 Å². The van der Waals surface area contributed by atoms with Gasteiger partial charge in [0, 0.05) is 10.3 Å². The molecule has 2 aromatic rings. The van der Waals surface area contributed by atoms with E-state index >= 15 is 0 Å². The highest BCUT2D eigenvalue weighted by Crippen LogP contribution is 2.32. The lowest BCUT2D eigenvalue weighted by molar-refractivity contribution is 0.0697. The van der Waals surface area contributed by atoms with Crippen LogP contribution in [0, 0.1) is 0 Å². The van der Waals surface area contributed by atoms with Gasteiger partial charge in [-0.3, -0.25) is 0 Å². The van der Waals surface area contributed by atoms with Crippen LogP contribution in [0.3, 0.4) is 0 Å². The molecule has 0 aliphatic rings. The number of carbonyl (C=O) groups is 1. The molecule has 1 aromatic heterocycles. The summed E-state index contributed by atoms with van der Waals surface area (Å²) >= 11 is 1.43. The zero-order chi connectivity index (χ0) is 11.0. The van der Waals surface area contributed by atoms with Crippen LogP contribution in [-0.2, 0) is 0 Å². The first-order valence-corrected chi connectivity index (χ1v) is 5.36. The van der Waals surface area contributed by atoms with Gasteiger partial charge < -0.3 is 5.11 Å². The van der Waals surface area contributed by atoms with E-state index in [4.69, 9.17) is 5.11 Å². The van der Waals surface area contributed by atoms with Crippen LogP contribution in [-0.4, -0.2) is 11.1 Å². The average Bonchev–Trinajstić information content (AvgIpc) is 2.59. The van der Waals surface area contributed by atoms with Gasteiger partial charge in [0.1, 0.15) is 6.17 Å². The lowest BCUT2D eigenvalue weighted by atomic mass is 10.1. The molecule has 0 bridgehead atoms. The highest BCUT2D eigenvalue weighted by atomic mass is 32.1. The summed E-state index contributed by atoms with van der Waals surface area (Å²) in [6, 6.07) is 4.78. The van der Waals surface area contributed by atoms with Crippen molar-refractivity contribution in [3.8, 4) is 0 Å². The van der Waals surface area contributed by atoms with Gasteiger partial charge in [0.15, 0.2) is 0 Å². The summed E-state index contributed by atoms with van der Waals surface area (Å²) in [5.41, 5.74) is 0.765. The van der Waals surface area contributed by atoms with Crippen molar-refractivity contribution in [2.75, 3.05) is 0 Å². The minimum atomic E-state index is -1.07. The summed E-state index contributed by atoms with van der Waals surface area (Å²) < 4.78 is 14.1. The minimum Gasteiger partial charge on any atom is -0.478 e. The van der Waals surface area contributed by atoms with Crippen LogP contribution >= 0.6 is 11.3 Å². The first-order chi connectivity index (χ1) is 7.09. The number of halogens is 1. The fraction of sp³-hybridized carbons (Fsp3) is 0.182. The van der Waals surface area contributed by atoms with E-state index in [9.17, 15) is 9.18 Å². The zero-order valence-electron chi connectivity index (χ0n) is 8.03. The minimum absolute atomic E-state index is 0.197. The Morgan fingerprint density at radius 3 is 2.87 bits per heavy atom. The van der Waals surface area contributed by atoms with Gasteiger partial charge in [0.2, 0.25) is 0 Å². The highest BCUT2D eigenvalue weighted by molar-refractivity contribution is 7.17. The Labute approximate surface area is 90.0 Å². The summed E-state index contributed by atoms with van der Waals surface area (Å²) in [4.78, 5) is 10.8. The maximum Gasteiger partial charge on any atom is 0.335 e. The predicted octanol–water partition coefficient (Wildman–Crippen LogP) is 3.63. The molecular weight excluding hydrogens is 215 g/mol. The molecule has 4 heteroatoms. The average molecular weight is 224 g/mol. The summed E-state index contributed by atoms with van der Waals surface area (Å²) in [6.45, 7) is 1.45. The Balaban J connectivity index is 2.66. The maximum absolute atomic E-state index is 13.2. The first-order valence-electron chi connectivity index (χ1n) is 4.48. The lowest BCUT2D eigenvalue weighted by Gasteiger charge is -2.00. The molecule has 0 aliphatic carbocycles. The Kier molecular flexibility index (Phi) is 2.44. The van der Waals surface area contributed by atoms with Crippen LogP contribution in [0.2, 0.25) is 0 Å². The normalized spacial score (nSPS) is 12.9. The van der Waals surface area contributed by atoms with Crippen molar-refractivity contribution >= 4 is 27.4 Å². The molecule has 0 radical (unpaired) electrons. The number of benzene rings is 1. The third kappa shape index (κ3) is 1.72. The van der Waals surface area contributed by atoms with Crippen molar-refractivity contribution in [2.24, 2.45) is 0 Å². The number of aromatic carboxylic acids is 1. The van der Waals surface area contributed by atoms with Crippen LogP contribution in [0.5, 0.6) is 0 Å². The smallest absolute Gasteiger partial charge is 0.335 e. The molecule has 0 saturated carbocycles. The summed E-state index contributed by atoms with van der Waals surface area (Å²) in [6.07, 6.45) is -1.07. The summed E-state index contributed by atoms with van der Waals surface area (Å²) in [7, 11) is 0. The van der Waals surface area contributed by atoms with Gasteiger partial charge in [-0.05, 0) is 35.9 Å². The van der Waals surface area contributed by atoms with E-state index in [1.165, 1.54) is 30.4 Å². The molecule has 1 aromatic carbocycles. The van der Waals surface area contributed by atoms with Crippen LogP contribution in [0.15, 0.2) is 23.6 Å². The molecular formula is C11H9FO2S. The number of carboxylic acid groups (broad SMARTS) is 1. The van der Waals surface area contributed by atoms with E-state index in [0.29, 0.717) is 10.9 Å². The monoisotopic (exact) mass is 224 g/mol. The van der Waals surface area contributed by atoms with Crippen molar-refractivity contribution < 1.29 is 14.3 Å². The maximum atomic E-state index is 13.2. The molecule has 2 nitrogen and oxygen atoms in total. The van der Waals surface area contributed by atoms with Crippen molar-refractivity contribution in [1.82, 2.24) is 0 Å². The topological polar surface area (TPSA) is 37.3 Å². The second-order valence-corrected chi connectivity index (χ2v) is 4.23. The quantitative estimate of drug-likeness (QED) is 0.845. The second-order valence-electron chi connectivity index (χ2n) is 3.32. The Bertz CT molecular complexity index is 516. The number of rotatable bonds is 2. The van der Waals surface area contributed by atoms with Gasteiger partial charge in [-0.15, -0.1) is 11.3 Å². The van der Waals surface area contributed by atoms with Gasteiger partial charge in [0.25, 0.3) is 0 Å². The van der Waals surface area contributed by atoms with Crippen LogP contribution < -0.4 is 0 Å². The SMILES string of the molecule is CC(F)c1csc2ccc(C(=O)O)cc12. The highest BCUT2D eigenvalue weighted by Gasteiger charge is 2.12. The van der Waals surface area contributed by atoms with E-state index < -0.39 is 12.1 Å². The number of thiophene rings is 1. The standard InChI is InChI=1S/C11H9FO2S/c1-6(12)9-5-15-10-3-2-7(11(13)14)4-8(9)10/h2-6H,1H3,(H,13,14). The zero-order valence-corrected chi connectivity index (χ0v) is 8.84. The van der Waals surface area contributed by atoms with Crippen molar-refractivity contribution in [3.63, 3.8) is 0 Å². The summed E-state index contributed by atoms with van der Waals surface area (Å²) in [5, 5.41) is 11.3. The molecule has 1 heterocycles. The van der Waals surface area contributed by atoms with Crippen molar-refractivity contribution in [2.45, 2.75) is 13.1 Å². The molecule has 78 valence electrons. The van der Waals surface area contributed by atoms with Gasteiger partial charge >= 0.3 is 5.97 Å². The molecule has 1 atom stereocenters. The number of hydrogen-bond donors (Lipinski definition) is 1. The van der Waals surface area contributed by atoms with E-state index in [2.05, 4.69) is 0 Å². The molecule has 1 N–H and O–H groups in total. The van der Waals surface area contributed by atoms with Crippen molar-refractivity contribution in [3.05, 3.63) is 34.7 Å². The van der Waals surface area contributed by atoms with Gasteiger partial charge in [0.05, 0.1) is 5.56 Å². The van der Waals surface area contributed by atoms with Crippen molar-refractivity contribution in [1.29, 1.82) is 0 Å². The number of hydrogen-bond acceptors (Lipinski definition) is 2. The van der Waals surface area contributed by atoms with E-state index in [1.807, 2.05) is 0 Å². The second kappa shape index (κ2) is 3.62. The fourth-order valence-electron chi connectivity index (χ4n) is 1.49. The summed E-state index contributed by atoms with van der Waals surface area (Å²) in [5.74, 6) is -0.986. The molecule has 1 unspecified atom stereocenters. The molecule has 0 amide bonds. The number of carboxylic acids is 1. The Hall–Kier alpha value is -1.42. The third-order valence-corrected chi connectivity index (χ3v) is 3.26. The molecule has 0 spiro atoms. The predicted molar refractivity (Wildman–Crippen MR) is 58.3 cm³/mol. The van der Waals surface area contributed by atoms with E-state index in [0.717, 1.165) is 4.70 Å². The largest absolute Gasteiger partial charge is 0.478 e. The molecule has 15 heavy (non-hydrogen) atoms. The fourth-order valence-corrected chi connectivity index (χ4v) is 2.51. The van der Waals surface area contributed by atoms with E-state index in [-0.39, 0.29) is 5.56 Å². The first kappa shape index (κ1) is 10.1. The number of alkyl halides is 1. The van der Waals surface area contributed by atoms with Gasteiger partial charge in [-0.2, -0.15) is 0 Å². The van der Waals surface area contributed by atoms with Gasteiger partial charge in [-0.25, -0.2) is 9.18 Å². The van der Waals surface area contributed by atoms with E-state index in [1.54, 1.807) is 11.4 Å². The van der Waals surface area contributed by atoms with Crippen LogP contribution in [0.1, 0.15) is 29.0 Å². The number of fused-ring (bicyclic) bond motifs is 1. The molecule has 0 aliphatic heterocycles. The molecule has 2 rings (SSSR count). The Morgan fingerprint density at radius 2 is 2.27 bits per heavy atom. The third-order valence-electron chi connectivity index (χ3n) is 2.28. The lowest BCUT2D eigenvalue weighted by Crippen LogP contribution is -1.95.